The standard InChI is InChI=1S/C8H9FN2O2/c1-10-8(13)11-7-5(9)3-2-4-6(7)12/h2-4,12H,1H3,(H2,10,11,13). The fraction of sp³-hybridized carbons (Fsp3) is 0.125. The van der Waals surface area contributed by atoms with Crippen molar-refractivity contribution in [1.29, 1.82) is 0 Å². The normalized spacial score (nSPS) is 9.38. The first-order valence-electron chi connectivity index (χ1n) is 3.61. The summed E-state index contributed by atoms with van der Waals surface area (Å²) in [6.07, 6.45) is 0. The van der Waals surface area contributed by atoms with E-state index in [-0.39, 0.29) is 11.4 Å². The number of aromatic hydroxyl groups is 1. The van der Waals surface area contributed by atoms with Crippen LogP contribution >= 0.6 is 0 Å². The van der Waals surface area contributed by atoms with Gasteiger partial charge in [-0.2, -0.15) is 0 Å². The van der Waals surface area contributed by atoms with Crippen molar-refractivity contribution in [3.05, 3.63) is 24.0 Å². The van der Waals surface area contributed by atoms with Crippen LogP contribution in [0.5, 0.6) is 5.75 Å². The lowest BCUT2D eigenvalue weighted by atomic mass is 10.3. The highest BCUT2D eigenvalue weighted by molar-refractivity contribution is 5.90. The van der Waals surface area contributed by atoms with E-state index >= 15 is 0 Å². The molecule has 0 spiro atoms. The Morgan fingerprint density at radius 1 is 1.54 bits per heavy atom. The van der Waals surface area contributed by atoms with Crippen LogP contribution in [0.2, 0.25) is 0 Å². The van der Waals surface area contributed by atoms with Gasteiger partial charge in [0.15, 0.2) is 5.82 Å². The molecule has 0 heterocycles. The number of urea groups is 1. The summed E-state index contributed by atoms with van der Waals surface area (Å²) in [5, 5.41) is 13.5. The van der Waals surface area contributed by atoms with Gasteiger partial charge in [-0.1, -0.05) is 6.07 Å². The summed E-state index contributed by atoms with van der Waals surface area (Å²) < 4.78 is 12.9. The Kier molecular flexibility index (Phi) is 2.69. The predicted octanol–water partition coefficient (Wildman–Crippen LogP) is 1.28. The van der Waals surface area contributed by atoms with Crippen LogP contribution in [0, 0.1) is 5.82 Å². The fourth-order valence-corrected chi connectivity index (χ4v) is 0.813. The molecule has 13 heavy (non-hydrogen) atoms. The van der Waals surface area contributed by atoms with Gasteiger partial charge in [0, 0.05) is 7.05 Å². The molecular formula is C8H9FN2O2. The average Bonchev–Trinajstić information content (AvgIpc) is 2.11. The Morgan fingerprint density at radius 2 is 2.23 bits per heavy atom. The van der Waals surface area contributed by atoms with Crippen LogP contribution in [0.4, 0.5) is 14.9 Å². The van der Waals surface area contributed by atoms with Crippen molar-refractivity contribution in [3.63, 3.8) is 0 Å². The number of amides is 2. The molecule has 1 rings (SSSR count). The zero-order valence-corrected chi connectivity index (χ0v) is 6.97. The molecule has 1 aromatic rings. The van der Waals surface area contributed by atoms with E-state index < -0.39 is 11.8 Å². The van der Waals surface area contributed by atoms with Crippen LogP contribution in [0.1, 0.15) is 0 Å². The lowest BCUT2D eigenvalue weighted by Crippen LogP contribution is -2.24. The Balaban J connectivity index is 2.93. The van der Waals surface area contributed by atoms with Crippen molar-refractivity contribution in [2.45, 2.75) is 0 Å². The monoisotopic (exact) mass is 184 g/mol. The maximum atomic E-state index is 12.9. The summed E-state index contributed by atoms with van der Waals surface area (Å²) >= 11 is 0. The molecule has 1 aromatic carbocycles. The number of halogens is 1. The third kappa shape index (κ3) is 2.08. The molecule has 2 amide bonds. The SMILES string of the molecule is CNC(=O)Nc1c(O)cccc1F. The first-order valence-corrected chi connectivity index (χ1v) is 3.61. The third-order valence-corrected chi connectivity index (χ3v) is 1.46. The zero-order chi connectivity index (χ0) is 9.84. The molecular weight excluding hydrogens is 175 g/mol. The number of hydrogen-bond donors (Lipinski definition) is 3. The maximum Gasteiger partial charge on any atom is 0.319 e. The maximum absolute atomic E-state index is 12.9. The highest BCUT2D eigenvalue weighted by atomic mass is 19.1. The van der Waals surface area contributed by atoms with Crippen LogP contribution in [0.15, 0.2) is 18.2 Å². The number of nitrogens with one attached hydrogen (secondary N) is 2. The number of carbonyl (C=O) groups excluding carboxylic acids is 1. The third-order valence-electron chi connectivity index (χ3n) is 1.46. The number of benzene rings is 1. The number of carbonyl (C=O) groups is 1. The van der Waals surface area contributed by atoms with Gasteiger partial charge >= 0.3 is 6.03 Å². The number of rotatable bonds is 1. The molecule has 0 aromatic heterocycles. The van der Waals surface area contributed by atoms with E-state index in [2.05, 4.69) is 10.6 Å². The molecule has 5 heteroatoms. The minimum atomic E-state index is -0.677. The summed E-state index contributed by atoms with van der Waals surface area (Å²) in [4.78, 5) is 10.8. The topological polar surface area (TPSA) is 61.4 Å². The van der Waals surface area contributed by atoms with E-state index in [1.54, 1.807) is 0 Å². The molecule has 0 unspecified atom stereocenters. The smallest absolute Gasteiger partial charge is 0.319 e. The Hall–Kier alpha value is -1.78. The van der Waals surface area contributed by atoms with Crippen molar-refractivity contribution in [2.75, 3.05) is 12.4 Å². The van der Waals surface area contributed by atoms with Gasteiger partial charge in [-0.05, 0) is 12.1 Å². The van der Waals surface area contributed by atoms with Crippen molar-refractivity contribution in [1.82, 2.24) is 5.32 Å². The van der Waals surface area contributed by atoms with Gasteiger partial charge in [-0.3, -0.25) is 0 Å². The van der Waals surface area contributed by atoms with Gasteiger partial charge in [-0.25, -0.2) is 9.18 Å². The Morgan fingerprint density at radius 3 is 2.77 bits per heavy atom. The molecule has 4 nitrogen and oxygen atoms in total. The molecule has 0 fully saturated rings. The molecule has 0 saturated carbocycles. The van der Waals surface area contributed by atoms with Gasteiger partial charge in [0.25, 0.3) is 0 Å². The van der Waals surface area contributed by atoms with Gasteiger partial charge in [0.2, 0.25) is 0 Å². The molecule has 0 aliphatic rings. The molecule has 70 valence electrons. The second kappa shape index (κ2) is 3.75. The van der Waals surface area contributed by atoms with E-state index in [0.717, 1.165) is 6.07 Å². The first kappa shape index (κ1) is 9.31. The van der Waals surface area contributed by atoms with Crippen LogP contribution < -0.4 is 10.6 Å². The summed E-state index contributed by atoms with van der Waals surface area (Å²) in [7, 11) is 1.40. The quantitative estimate of drug-likeness (QED) is 0.576. The van der Waals surface area contributed by atoms with Crippen LogP contribution in [0.3, 0.4) is 0 Å². The lowest BCUT2D eigenvalue weighted by Gasteiger charge is -2.06. The molecule has 0 aliphatic heterocycles. The largest absolute Gasteiger partial charge is 0.506 e. The number of anilines is 1. The van der Waals surface area contributed by atoms with Crippen LogP contribution in [-0.2, 0) is 0 Å². The second-order valence-electron chi connectivity index (χ2n) is 2.34. The van der Waals surface area contributed by atoms with Crippen molar-refractivity contribution < 1.29 is 14.3 Å². The van der Waals surface area contributed by atoms with E-state index in [1.165, 1.54) is 19.2 Å². The van der Waals surface area contributed by atoms with Gasteiger partial charge < -0.3 is 15.7 Å². The Bertz CT molecular complexity index is 308. The molecule has 0 saturated heterocycles. The molecule has 0 radical (unpaired) electrons. The van der Waals surface area contributed by atoms with Gasteiger partial charge in [-0.15, -0.1) is 0 Å². The first-order chi connectivity index (χ1) is 6.15. The molecule has 0 bridgehead atoms. The summed E-state index contributed by atoms with van der Waals surface area (Å²) in [5.41, 5.74) is -0.221. The highest BCUT2D eigenvalue weighted by Gasteiger charge is 2.09. The summed E-state index contributed by atoms with van der Waals surface area (Å²) in [6.45, 7) is 0. The fourth-order valence-electron chi connectivity index (χ4n) is 0.813. The highest BCUT2D eigenvalue weighted by Crippen LogP contribution is 2.25. The number of para-hydroxylation sites is 1. The number of phenols is 1. The Labute approximate surface area is 74.4 Å². The van der Waals surface area contributed by atoms with Crippen LogP contribution in [0.25, 0.3) is 0 Å². The minimum Gasteiger partial charge on any atom is -0.506 e. The van der Waals surface area contributed by atoms with Crippen molar-refractivity contribution >= 4 is 11.7 Å². The van der Waals surface area contributed by atoms with Crippen LogP contribution in [-0.4, -0.2) is 18.2 Å². The summed E-state index contributed by atoms with van der Waals surface area (Å²) in [5.74, 6) is -0.979. The van der Waals surface area contributed by atoms with Gasteiger partial charge in [0.1, 0.15) is 11.4 Å². The second-order valence-corrected chi connectivity index (χ2v) is 2.34. The average molecular weight is 184 g/mol. The molecule has 0 atom stereocenters. The van der Waals surface area contributed by atoms with E-state index in [0.29, 0.717) is 0 Å². The van der Waals surface area contributed by atoms with Gasteiger partial charge in [0.05, 0.1) is 0 Å². The van der Waals surface area contributed by atoms with E-state index in [9.17, 15) is 9.18 Å². The predicted molar refractivity (Wildman–Crippen MR) is 46.1 cm³/mol. The molecule has 0 aliphatic carbocycles. The summed E-state index contributed by atoms with van der Waals surface area (Å²) in [6, 6.07) is 3.19. The molecule has 3 N–H and O–H groups in total. The zero-order valence-electron chi connectivity index (χ0n) is 6.97. The lowest BCUT2D eigenvalue weighted by molar-refractivity contribution is 0.253. The number of phenolic OH excluding ortho intramolecular Hbond substituents is 1. The number of hydrogen-bond acceptors (Lipinski definition) is 2. The minimum absolute atomic E-state index is 0.221. The van der Waals surface area contributed by atoms with Crippen molar-refractivity contribution in [3.8, 4) is 5.75 Å². The van der Waals surface area contributed by atoms with Crippen molar-refractivity contribution in [2.24, 2.45) is 0 Å². The van der Waals surface area contributed by atoms with E-state index in [4.69, 9.17) is 5.11 Å². The van der Waals surface area contributed by atoms with E-state index in [1.807, 2.05) is 0 Å².